The van der Waals surface area contributed by atoms with Crippen LogP contribution in [0.3, 0.4) is 0 Å². The van der Waals surface area contributed by atoms with Crippen molar-refractivity contribution in [1.82, 2.24) is 9.97 Å². The molecule has 0 aliphatic heterocycles. The second kappa shape index (κ2) is 10.6. The Morgan fingerprint density at radius 1 is 1.13 bits per heavy atom. The summed E-state index contributed by atoms with van der Waals surface area (Å²) in [6, 6.07) is 17.4. The third-order valence-corrected chi connectivity index (χ3v) is 5.61. The first-order valence-corrected chi connectivity index (χ1v) is 10.7. The normalized spacial score (nSPS) is 11.5. The molecule has 0 radical (unpaired) electrons. The molecule has 1 heterocycles. The SMILES string of the molecule is CCC(Sc1nc(COc2ccccc2)cc(=O)[nH]1)C(=O)Nc1cccc(C(C)=O)c1. The molecule has 0 aliphatic rings. The lowest BCUT2D eigenvalue weighted by atomic mass is 10.1. The van der Waals surface area contributed by atoms with Crippen molar-refractivity contribution in [2.45, 2.75) is 37.3 Å². The van der Waals surface area contributed by atoms with Gasteiger partial charge in [0, 0.05) is 17.3 Å². The second-order valence-electron chi connectivity index (χ2n) is 6.78. The van der Waals surface area contributed by atoms with E-state index in [1.54, 1.807) is 24.3 Å². The summed E-state index contributed by atoms with van der Waals surface area (Å²) in [5.74, 6) is 0.369. The monoisotopic (exact) mass is 437 g/mol. The van der Waals surface area contributed by atoms with Crippen LogP contribution in [0.5, 0.6) is 5.75 Å². The lowest BCUT2D eigenvalue weighted by molar-refractivity contribution is -0.115. The molecule has 160 valence electrons. The number of hydrogen-bond donors (Lipinski definition) is 2. The predicted octanol–water partition coefficient (Wildman–Crippen LogP) is 4.06. The van der Waals surface area contributed by atoms with Gasteiger partial charge in [0.05, 0.1) is 10.9 Å². The number of nitrogens with zero attached hydrogens (tertiary/aromatic N) is 1. The second-order valence-corrected chi connectivity index (χ2v) is 7.98. The summed E-state index contributed by atoms with van der Waals surface area (Å²) in [6.07, 6.45) is 0.525. The summed E-state index contributed by atoms with van der Waals surface area (Å²) in [5, 5.41) is 2.70. The largest absolute Gasteiger partial charge is 0.487 e. The Morgan fingerprint density at radius 3 is 2.61 bits per heavy atom. The molecule has 1 atom stereocenters. The third-order valence-electron chi connectivity index (χ3n) is 4.36. The zero-order valence-electron chi connectivity index (χ0n) is 17.3. The Kier molecular flexibility index (Phi) is 7.61. The molecule has 0 spiro atoms. The van der Waals surface area contributed by atoms with Crippen molar-refractivity contribution >= 4 is 29.1 Å². The number of para-hydroxylation sites is 1. The molecule has 0 saturated carbocycles. The molecule has 8 heteroatoms. The minimum absolute atomic E-state index is 0.0752. The minimum atomic E-state index is -0.477. The van der Waals surface area contributed by atoms with Crippen LogP contribution in [0.2, 0.25) is 0 Å². The number of carbonyl (C=O) groups is 2. The van der Waals surface area contributed by atoms with Gasteiger partial charge in [-0.05, 0) is 37.6 Å². The summed E-state index contributed by atoms with van der Waals surface area (Å²) in [4.78, 5) is 43.4. The fourth-order valence-corrected chi connectivity index (χ4v) is 3.71. The molecule has 0 saturated heterocycles. The highest BCUT2D eigenvalue weighted by Gasteiger charge is 2.20. The third kappa shape index (κ3) is 6.55. The van der Waals surface area contributed by atoms with Crippen LogP contribution in [0.25, 0.3) is 0 Å². The van der Waals surface area contributed by atoms with E-state index in [1.807, 2.05) is 37.3 Å². The van der Waals surface area contributed by atoms with E-state index >= 15 is 0 Å². The van der Waals surface area contributed by atoms with Crippen LogP contribution >= 0.6 is 11.8 Å². The molecule has 1 amide bonds. The minimum Gasteiger partial charge on any atom is -0.487 e. The Labute approximate surface area is 184 Å². The maximum Gasteiger partial charge on any atom is 0.251 e. The highest BCUT2D eigenvalue weighted by molar-refractivity contribution is 8.00. The van der Waals surface area contributed by atoms with E-state index in [9.17, 15) is 14.4 Å². The van der Waals surface area contributed by atoms with Crippen molar-refractivity contribution in [3.8, 4) is 5.75 Å². The first-order chi connectivity index (χ1) is 14.9. The van der Waals surface area contributed by atoms with E-state index in [-0.39, 0.29) is 23.9 Å². The van der Waals surface area contributed by atoms with Gasteiger partial charge in [-0.3, -0.25) is 14.4 Å². The molecule has 3 aromatic rings. The molecule has 0 aliphatic carbocycles. The van der Waals surface area contributed by atoms with Crippen LogP contribution < -0.4 is 15.6 Å². The number of amides is 1. The van der Waals surface area contributed by atoms with E-state index in [1.165, 1.54) is 24.8 Å². The molecule has 1 unspecified atom stereocenters. The molecular formula is C23H23N3O4S. The average Bonchev–Trinajstić information content (AvgIpc) is 2.76. The number of rotatable bonds is 9. The average molecular weight is 438 g/mol. The van der Waals surface area contributed by atoms with Crippen molar-refractivity contribution < 1.29 is 14.3 Å². The van der Waals surface area contributed by atoms with Crippen LogP contribution in [0.4, 0.5) is 5.69 Å². The van der Waals surface area contributed by atoms with Gasteiger partial charge in [0.2, 0.25) is 5.91 Å². The number of aromatic nitrogens is 2. The van der Waals surface area contributed by atoms with E-state index < -0.39 is 5.25 Å². The van der Waals surface area contributed by atoms with Crippen molar-refractivity contribution in [1.29, 1.82) is 0 Å². The predicted molar refractivity (Wildman–Crippen MR) is 121 cm³/mol. The van der Waals surface area contributed by atoms with Gasteiger partial charge in [0.25, 0.3) is 5.56 Å². The van der Waals surface area contributed by atoms with Crippen LogP contribution in [0.1, 0.15) is 36.3 Å². The van der Waals surface area contributed by atoms with Gasteiger partial charge in [-0.15, -0.1) is 0 Å². The Bertz CT molecular complexity index is 1120. The fraction of sp³-hybridized carbons (Fsp3) is 0.217. The van der Waals surface area contributed by atoms with Crippen molar-refractivity contribution in [2.75, 3.05) is 5.32 Å². The Morgan fingerprint density at radius 2 is 1.90 bits per heavy atom. The number of Topliss-reactive ketones (excluding diaryl/α,β-unsaturated/α-hetero) is 1. The van der Waals surface area contributed by atoms with Crippen molar-refractivity contribution in [3.63, 3.8) is 0 Å². The number of carbonyl (C=O) groups excluding carboxylic acids is 2. The number of aromatic amines is 1. The number of hydrogen-bond acceptors (Lipinski definition) is 6. The van der Waals surface area contributed by atoms with Crippen LogP contribution in [-0.4, -0.2) is 26.9 Å². The van der Waals surface area contributed by atoms with Gasteiger partial charge in [-0.1, -0.05) is 49.0 Å². The Hall–Kier alpha value is -3.39. The molecule has 1 aromatic heterocycles. The number of H-pyrrole nitrogens is 1. The van der Waals surface area contributed by atoms with Gasteiger partial charge in [0.1, 0.15) is 12.4 Å². The van der Waals surface area contributed by atoms with Gasteiger partial charge in [0.15, 0.2) is 10.9 Å². The standard InChI is InChI=1S/C23H23N3O4S/c1-3-20(22(29)24-17-9-7-8-16(12-17)15(2)27)31-23-25-18(13-21(28)26-23)14-30-19-10-5-4-6-11-19/h4-13,20H,3,14H2,1-2H3,(H,24,29)(H,25,26,28). The van der Waals surface area contributed by atoms with Gasteiger partial charge >= 0.3 is 0 Å². The zero-order chi connectivity index (χ0) is 22.2. The number of anilines is 1. The van der Waals surface area contributed by atoms with E-state index in [0.29, 0.717) is 34.3 Å². The first kappa shape index (κ1) is 22.3. The maximum atomic E-state index is 12.7. The Balaban J connectivity index is 1.68. The molecule has 3 rings (SSSR count). The zero-order valence-corrected chi connectivity index (χ0v) is 18.1. The quantitative estimate of drug-likeness (QED) is 0.297. The first-order valence-electron chi connectivity index (χ1n) is 9.81. The molecule has 2 aromatic carbocycles. The highest BCUT2D eigenvalue weighted by Crippen LogP contribution is 2.23. The molecule has 31 heavy (non-hydrogen) atoms. The van der Waals surface area contributed by atoms with E-state index in [2.05, 4.69) is 15.3 Å². The number of thioether (sulfide) groups is 1. The molecule has 7 nitrogen and oxygen atoms in total. The van der Waals surface area contributed by atoms with Gasteiger partial charge in [-0.25, -0.2) is 4.98 Å². The highest BCUT2D eigenvalue weighted by atomic mass is 32.2. The number of ether oxygens (including phenoxy) is 1. The number of benzene rings is 2. The molecular weight excluding hydrogens is 414 g/mol. The number of ketones is 1. The van der Waals surface area contributed by atoms with Crippen LogP contribution in [0, 0.1) is 0 Å². The summed E-state index contributed by atoms with van der Waals surface area (Å²) in [6.45, 7) is 3.49. The summed E-state index contributed by atoms with van der Waals surface area (Å²) < 4.78 is 5.66. The van der Waals surface area contributed by atoms with Crippen molar-refractivity contribution in [3.05, 3.63) is 82.3 Å². The summed E-state index contributed by atoms with van der Waals surface area (Å²) >= 11 is 1.18. The smallest absolute Gasteiger partial charge is 0.251 e. The lowest BCUT2D eigenvalue weighted by Gasteiger charge is -2.15. The van der Waals surface area contributed by atoms with E-state index in [4.69, 9.17) is 4.74 Å². The van der Waals surface area contributed by atoms with E-state index in [0.717, 1.165) is 0 Å². The lowest BCUT2D eigenvalue weighted by Crippen LogP contribution is -2.25. The molecule has 0 bridgehead atoms. The van der Waals surface area contributed by atoms with Gasteiger partial charge < -0.3 is 15.0 Å². The molecule has 0 fully saturated rings. The summed E-state index contributed by atoms with van der Waals surface area (Å²) in [5.41, 5.74) is 1.23. The maximum absolute atomic E-state index is 12.7. The fourth-order valence-electron chi connectivity index (χ4n) is 2.78. The molecule has 2 N–H and O–H groups in total. The summed E-state index contributed by atoms with van der Waals surface area (Å²) in [7, 11) is 0. The van der Waals surface area contributed by atoms with Gasteiger partial charge in [-0.2, -0.15) is 0 Å². The van der Waals surface area contributed by atoms with Crippen molar-refractivity contribution in [2.24, 2.45) is 0 Å². The van der Waals surface area contributed by atoms with Crippen LogP contribution in [0.15, 0.2) is 70.6 Å². The number of nitrogens with one attached hydrogen (secondary N) is 2. The topological polar surface area (TPSA) is 101 Å². The van der Waals surface area contributed by atoms with Crippen LogP contribution in [-0.2, 0) is 11.4 Å².